The van der Waals surface area contributed by atoms with E-state index >= 15 is 0 Å². The molecule has 0 spiro atoms. The average Bonchev–Trinajstić information content (AvgIpc) is 2.86. The summed E-state index contributed by atoms with van der Waals surface area (Å²) in [5.74, 6) is 0.0393. The van der Waals surface area contributed by atoms with Crippen LogP contribution in [0.5, 0.6) is 0 Å². The maximum absolute atomic E-state index is 11.8. The Morgan fingerprint density at radius 2 is 2.18 bits per heavy atom. The summed E-state index contributed by atoms with van der Waals surface area (Å²) in [7, 11) is 0. The third-order valence-corrected chi connectivity index (χ3v) is 3.00. The van der Waals surface area contributed by atoms with E-state index in [4.69, 9.17) is 5.11 Å². The first-order valence-electron chi connectivity index (χ1n) is 6.03. The smallest absolute Gasteiger partial charge is 0.241 e. The summed E-state index contributed by atoms with van der Waals surface area (Å²) in [5.41, 5.74) is 1.88. The summed E-state index contributed by atoms with van der Waals surface area (Å²) >= 11 is 0. The molecule has 1 aromatic rings. The Bertz CT molecular complexity index is 370. The molecule has 17 heavy (non-hydrogen) atoms. The number of aliphatic hydroxyl groups is 1. The first kappa shape index (κ1) is 12.1. The van der Waals surface area contributed by atoms with E-state index in [9.17, 15) is 4.79 Å². The molecule has 0 saturated carbocycles. The van der Waals surface area contributed by atoms with Crippen LogP contribution in [-0.2, 0) is 11.2 Å². The van der Waals surface area contributed by atoms with Crippen molar-refractivity contribution in [2.24, 2.45) is 0 Å². The number of hydrogen-bond donors (Lipinski definition) is 3. The summed E-state index contributed by atoms with van der Waals surface area (Å²) in [6.07, 6.45) is 2.63. The van der Waals surface area contributed by atoms with Gasteiger partial charge >= 0.3 is 0 Å². The molecule has 1 aliphatic heterocycles. The molecule has 1 aromatic carbocycles. The maximum Gasteiger partial charge on any atom is 0.241 e. The molecule has 1 aliphatic rings. The summed E-state index contributed by atoms with van der Waals surface area (Å²) in [6, 6.07) is 7.55. The van der Waals surface area contributed by atoms with Gasteiger partial charge in [0.25, 0.3) is 0 Å². The Labute approximate surface area is 101 Å². The van der Waals surface area contributed by atoms with E-state index in [1.165, 1.54) is 0 Å². The van der Waals surface area contributed by atoms with Crippen molar-refractivity contribution >= 4 is 11.6 Å². The SMILES string of the molecule is O=C(Nc1ccc(CCO)cc1)C1CCCN1. The molecule has 1 unspecified atom stereocenters. The standard InChI is InChI=1S/C13H18N2O2/c16-9-7-10-3-5-11(6-4-10)15-13(17)12-2-1-8-14-12/h3-6,12,14,16H,1-2,7-9H2,(H,15,17). The van der Waals surface area contributed by atoms with Gasteiger partial charge in [-0.2, -0.15) is 0 Å². The number of hydrogen-bond acceptors (Lipinski definition) is 3. The maximum atomic E-state index is 11.8. The van der Waals surface area contributed by atoms with E-state index in [1.54, 1.807) is 0 Å². The molecule has 0 radical (unpaired) electrons. The zero-order chi connectivity index (χ0) is 12.1. The third-order valence-electron chi connectivity index (χ3n) is 3.00. The number of rotatable bonds is 4. The van der Waals surface area contributed by atoms with E-state index < -0.39 is 0 Å². The lowest BCUT2D eigenvalue weighted by atomic mass is 10.1. The zero-order valence-electron chi connectivity index (χ0n) is 9.78. The van der Waals surface area contributed by atoms with Crippen LogP contribution in [0.3, 0.4) is 0 Å². The first-order chi connectivity index (χ1) is 8.29. The van der Waals surface area contributed by atoms with E-state index in [0.29, 0.717) is 6.42 Å². The van der Waals surface area contributed by atoms with Crippen LogP contribution in [0.4, 0.5) is 5.69 Å². The van der Waals surface area contributed by atoms with Crippen molar-refractivity contribution < 1.29 is 9.90 Å². The number of amides is 1. The number of carbonyl (C=O) groups excluding carboxylic acids is 1. The molecule has 1 fully saturated rings. The topological polar surface area (TPSA) is 61.4 Å². The highest BCUT2D eigenvalue weighted by atomic mass is 16.2. The predicted molar refractivity (Wildman–Crippen MR) is 66.9 cm³/mol. The Kier molecular flexibility index (Phi) is 4.12. The van der Waals surface area contributed by atoms with Gasteiger partial charge in [-0.3, -0.25) is 4.79 Å². The van der Waals surface area contributed by atoms with Crippen LogP contribution >= 0.6 is 0 Å². The van der Waals surface area contributed by atoms with Crippen molar-refractivity contribution in [2.45, 2.75) is 25.3 Å². The predicted octanol–water partition coefficient (Wildman–Crippen LogP) is 0.912. The van der Waals surface area contributed by atoms with Gasteiger partial charge in [-0.25, -0.2) is 0 Å². The molecule has 0 aromatic heterocycles. The fourth-order valence-corrected chi connectivity index (χ4v) is 2.02. The largest absolute Gasteiger partial charge is 0.396 e. The van der Waals surface area contributed by atoms with Crippen molar-refractivity contribution in [3.8, 4) is 0 Å². The Balaban J connectivity index is 1.91. The van der Waals surface area contributed by atoms with Crippen molar-refractivity contribution in [2.75, 3.05) is 18.5 Å². The highest BCUT2D eigenvalue weighted by Crippen LogP contribution is 2.12. The zero-order valence-corrected chi connectivity index (χ0v) is 9.78. The highest BCUT2D eigenvalue weighted by molar-refractivity contribution is 5.95. The molecular formula is C13H18N2O2. The Morgan fingerprint density at radius 1 is 1.41 bits per heavy atom. The van der Waals surface area contributed by atoms with Crippen molar-refractivity contribution in [3.63, 3.8) is 0 Å². The van der Waals surface area contributed by atoms with Gasteiger partial charge in [-0.15, -0.1) is 0 Å². The molecule has 0 bridgehead atoms. The molecule has 1 amide bonds. The molecular weight excluding hydrogens is 216 g/mol. The second-order valence-electron chi connectivity index (χ2n) is 4.31. The minimum absolute atomic E-state index is 0.0393. The van der Waals surface area contributed by atoms with Gasteiger partial charge in [0.05, 0.1) is 6.04 Å². The molecule has 1 atom stereocenters. The minimum atomic E-state index is -0.0490. The molecule has 1 heterocycles. The summed E-state index contributed by atoms with van der Waals surface area (Å²) in [5, 5.41) is 14.9. The van der Waals surface area contributed by atoms with Crippen LogP contribution in [-0.4, -0.2) is 30.2 Å². The van der Waals surface area contributed by atoms with Crippen LogP contribution in [0.15, 0.2) is 24.3 Å². The number of nitrogens with one attached hydrogen (secondary N) is 2. The van der Waals surface area contributed by atoms with E-state index in [2.05, 4.69) is 10.6 Å². The average molecular weight is 234 g/mol. The molecule has 2 rings (SSSR count). The fraction of sp³-hybridized carbons (Fsp3) is 0.462. The van der Waals surface area contributed by atoms with Crippen LogP contribution in [0, 0.1) is 0 Å². The Hall–Kier alpha value is -1.39. The Morgan fingerprint density at radius 3 is 2.76 bits per heavy atom. The van der Waals surface area contributed by atoms with E-state index in [0.717, 1.165) is 30.6 Å². The molecule has 3 N–H and O–H groups in total. The van der Waals surface area contributed by atoms with Crippen LogP contribution in [0.25, 0.3) is 0 Å². The van der Waals surface area contributed by atoms with Gasteiger partial charge in [0.1, 0.15) is 0 Å². The van der Waals surface area contributed by atoms with Gasteiger partial charge in [0.2, 0.25) is 5.91 Å². The van der Waals surface area contributed by atoms with Crippen LogP contribution in [0.1, 0.15) is 18.4 Å². The van der Waals surface area contributed by atoms with E-state index in [-0.39, 0.29) is 18.6 Å². The van der Waals surface area contributed by atoms with Crippen molar-refractivity contribution in [1.82, 2.24) is 5.32 Å². The third kappa shape index (κ3) is 3.28. The molecule has 4 nitrogen and oxygen atoms in total. The number of aliphatic hydroxyl groups excluding tert-OH is 1. The number of anilines is 1. The van der Waals surface area contributed by atoms with Gasteiger partial charge in [-0.05, 0) is 43.5 Å². The van der Waals surface area contributed by atoms with Crippen LogP contribution < -0.4 is 10.6 Å². The van der Waals surface area contributed by atoms with Gasteiger partial charge < -0.3 is 15.7 Å². The van der Waals surface area contributed by atoms with E-state index in [1.807, 2.05) is 24.3 Å². The monoisotopic (exact) mass is 234 g/mol. The van der Waals surface area contributed by atoms with Gasteiger partial charge in [-0.1, -0.05) is 12.1 Å². The van der Waals surface area contributed by atoms with Gasteiger partial charge in [0.15, 0.2) is 0 Å². The van der Waals surface area contributed by atoms with Gasteiger partial charge in [0, 0.05) is 12.3 Å². The second kappa shape index (κ2) is 5.80. The lowest BCUT2D eigenvalue weighted by Crippen LogP contribution is -2.35. The number of carbonyl (C=O) groups is 1. The number of benzene rings is 1. The molecule has 0 aliphatic carbocycles. The summed E-state index contributed by atoms with van der Waals surface area (Å²) in [4.78, 5) is 11.8. The highest BCUT2D eigenvalue weighted by Gasteiger charge is 2.21. The molecule has 1 saturated heterocycles. The fourth-order valence-electron chi connectivity index (χ4n) is 2.02. The molecule has 4 heteroatoms. The minimum Gasteiger partial charge on any atom is -0.396 e. The second-order valence-corrected chi connectivity index (χ2v) is 4.31. The molecule has 92 valence electrons. The lowest BCUT2D eigenvalue weighted by Gasteiger charge is -2.11. The summed E-state index contributed by atoms with van der Waals surface area (Å²) < 4.78 is 0. The quantitative estimate of drug-likeness (QED) is 0.725. The van der Waals surface area contributed by atoms with Crippen molar-refractivity contribution in [1.29, 1.82) is 0 Å². The lowest BCUT2D eigenvalue weighted by molar-refractivity contribution is -0.117. The van der Waals surface area contributed by atoms with Crippen LogP contribution in [0.2, 0.25) is 0 Å². The first-order valence-corrected chi connectivity index (χ1v) is 6.03. The normalized spacial score (nSPS) is 19.2. The van der Waals surface area contributed by atoms with Crippen molar-refractivity contribution in [3.05, 3.63) is 29.8 Å². The summed E-state index contributed by atoms with van der Waals surface area (Å²) in [6.45, 7) is 1.07.